The molecule has 1 fully saturated rings. The van der Waals surface area contributed by atoms with Crippen LogP contribution < -0.4 is 10.6 Å². The van der Waals surface area contributed by atoms with Gasteiger partial charge in [-0.25, -0.2) is 9.38 Å². The van der Waals surface area contributed by atoms with Gasteiger partial charge in [0.05, 0.1) is 18.2 Å². The van der Waals surface area contributed by atoms with E-state index in [0.29, 0.717) is 30.2 Å². The fourth-order valence-corrected chi connectivity index (χ4v) is 3.40. The largest absolute Gasteiger partial charge is 0.357 e. The molecule has 29 heavy (non-hydrogen) atoms. The second kappa shape index (κ2) is 10.6. The Hall–Kier alpha value is -2.91. The number of nitrogens with zero attached hydrogens (tertiary/aromatic N) is 3. The van der Waals surface area contributed by atoms with Crippen molar-refractivity contribution in [3.63, 3.8) is 0 Å². The van der Waals surface area contributed by atoms with Crippen LogP contribution in [0.2, 0.25) is 0 Å². The van der Waals surface area contributed by atoms with Gasteiger partial charge >= 0.3 is 0 Å². The van der Waals surface area contributed by atoms with Crippen LogP contribution in [0.15, 0.2) is 47.5 Å². The predicted molar refractivity (Wildman–Crippen MR) is 114 cm³/mol. The highest BCUT2D eigenvalue weighted by Crippen LogP contribution is 2.14. The fourth-order valence-electron chi connectivity index (χ4n) is 3.40. The molecule has 2 N–H and O–H groups in total. The summed E-state index contributed by atoms with van der Waals surface area (Å²) in [7, 11) is 0. The Morgan fingerprint density at radius 2 is 1.83 bits per heavy atom. The zero-order valence-corrected chi connectivity index (χ0v) is 16.9. The van der Waals surface area contributed by atoms with Gasteiger partial charge in [0.1, 0.15) is 5.82 Å². The van der Waals surface area contributed by atoms with E-state index >= 15 is 0 Å². The molecule has 2 aromatic carbocycles. The normalized spacial score (nSPS) is 14.6. The zero-order valence-electron chi connectivity index (χ0n) is 16.9. The third kappa shape index (κ3) is 6.30. The smallest absolute Gasteiger partial charge is 0.191 e. The van der Waals surface area contributed by atoms with Crippen LogP contribution in [0, 0.1) is 17.1 Å². The standard InChI is InChI=1S/C23H28FN5/c1-2-26-23(28-16-21-10-9-20(14-25)13-22(21)24)27-15-18-5-7-19(8-6-18)17-29-11-3-4-12-29/h5-10,13H,2-4,11-12,15-17H2,1H3,(H2,26,27,28). The molecule has 3 rings (SSSR count). The van der Waals surface area contributed by atoms with E-state index < -0.39 is 0 Å². The van der Waals surface area contributed by atoms with Crippen LogP contribution in [0.4, 0.5) is 4.39 Å². The molecule has 1 aliphatic heterocycles. The van der Waals surface area contributed by atoms with E-state index in [-0.39, 0.29) is 5.82 Å². The Kier molecular flexibility index (Phi) is 7.60. The summed E-state index contributed by atoms with van der Waals surface area (Å²) in [4.78, 5) is 7.09. The molecule has 0 spiro atoms. The molecular weight excluding hydrogens is 365 g/mol. The number of hydrogen-bond acceptors (Lipinski definition) is 3. The molecule has 0 amide bonds. The second-order valence-electron chi connectivity index (χ2n) is 7.27. The summed E-state index contributed by atoms with van der Waals surface area (Å²) in [5, 5.41) is 15.2. The zero-order chi connectivity index (χ0) is 20.5. The molecule has 0 aromatic heterocycles. The van der Waals surface area contributed by atoms with Gasteiger partial charge in [0.2, 0.25) is 0 Å². The van der Waals surface area contributed by atoms with Crippen LogP contribution in [0.1, 0.15) is 42.0 Å². The van der Waals surface area contributed by atoms with Gasteiger partial charge in [-0.3, -0.25) is 4.90 Å². The van der Waals surface area contributed by atoms with Crippen molar-refractivity contribution in [2.75, 3.05) is 19.6 Å². The summed E-state index contributed by atoms with van der Waals surface area (Å²) >= 11 is 0. The summed E-state index contributed by atoms with van der Waals surface area (Å²) < 4.78 is 14.1. The van der Waals surface area contributed by atoms with Gasteiger partial charge in [-0.05, 0) is 56.1 Å². The van der Waals surface area contributed by atoms with E-state index in [1.165, 1.54) is 37.6 Å². The van der Waals surface area contributed by atoms with E-state index in [9.17, 15) is 4.39 Å². The molecule has 0 bridgehead atoms. The van der Waals surface area contributed by atoms with Crippen LogP contribution in [0.25, 0.3) is 0 Å². The highest BCUT2D eigenvalue weighted by atomic mass is 19.1. The minimum atomic E-state index is -0.388. The number of likely N-dealkylation sites (tertiary alicyclic amines) is 1. The van der Waals surface area contributed by atoms with Crippen molar-refractivity contribution < 1.29 is 4.39 Å². The van der Waals surface area contributed by atoms with Crippen molar-refractivity contribution in [3.05, 3.63) is 70.5 Å². The first-order valence-corrected chi connectivity index (χ1v) is 10.2. The molecule has 1 saturated heterocycles. The first-order chi connectivity index (χ1) is 14.2. The van der Waals surface area contributed by atoms with Crippen molar-refractivity contribution in [1.29, 1.82) is 5.26 Å². The Labute approximate surface area is 172 Å². The Morgan fingerprint density at radius 1 is 1.10 bits per heavy atom. The summed E-state index contributed by atoms with van der Waals surface area (Å²) in [6.07, 6.45) is 2.61. The molecule has 0 radical (unpaired) electrons. The lowest BCUT2D eigenvalue weighted by Gasteiger charge is -2.14. The molecule has 0 unspecified atom stereocenters. The topological polar surface area (TPSA) is 63.5 Å². The number of rotatable bonds is 7. The molecule has 0 saturated carbocycles. The van der Waals surface area contributed by atoms with Crippen molar-refractivity contribution in [3.8, 4) is 6.07 Å². The minimum absolute atomic E-state index is 0.304. The van der Waals surface area contributed by atoms with E-state index in [1.54, 1.807) is 12.1 Å². The van der Waals surface area contributed by atoms with Crippen molar-refractivity contribution in [2.45, 2.75) is 39.4 Å². The van der Waals surface area contributed by atoms with E-state index in [1.807, 2.05) is 13.0 Å². The maximum Gasteiger partial charge on any atom is 0.191 e. The molecule has 152 valence electrons. The lowest BCUT2D eigenvalue weighted by Crippen LogP contribution is -2.37. The number of halogens is 1. The second-order valence-corrected chi connectivity index (χ2v) is 7.27. The maximum absolute atomic E-state index is 14.1. The summed E-state index contributed by atoms with van der Waals surface area (Å²) in [6, 6.07) is 15.0. The third-order valence-electron chi connectivity index (χ3n) is 5.02. The molecule has 0 atom stereocenters. The number of hydrogen-bond donors (Lipinski definition) is 2. The van der Waals surface area contributed by atoms with Gasteiger partial charge in [0.15, 0.2) is 5.96 Å². The SMILES string of the molecule is CCNC(=NCc1ccc(CN2CCCC2)cc1)NCc1ccc(C#N)cc1F. The third-order valence-corrected chi connectivity index (χ3v) is 5.02. The van der Waals surface area contributed by atoms with Crippen LogP contribution in [-0.2, 0) is 19.6 Å². The predicted octanol–water partition coefficient (Wildman–Crippen LogP) is 3.55. The monoisotopic (exact) mass is 393 g/mol. The highest BCUT2D eigenvalue weighted by Gasteiger charge is 2.11. The Morgan fingerprint density at radius 3 is 2.48 bits per heavy atom. The summed E-state index contributed by atoms with van der Waals surface area (Å²) in [5.41, 5.74) is 3.29. The quantitative estimate of drug-likeness (QED) is 0.558. The van der Waals surface area contributed by atoms with Gasteiger partial charge in [-0.15, -0.1) is 0 Å². The van der Waals surface area contributed by atoms with E-state index in [2.05, 4.69) is 44.8 Å². The van der Waals surface area contributed by atoms with Gasteiger partial charge in [-0.1, -0.05) is 30.3 Å². The van der Waals surface area contributed by atoms with E-state index in [4.69, 9.17) is 5.26 Å². The lowest BCUT2D eigenvalue weighted by atomic mass is 10.1. The number of nitriles is 1. The van der Waals surface area contributed by atoms with Gasteiger partial charge in [-0.2, -0.15) is 5.26 Å². The molecular formula is C23H28FN5. The lowest BCUT2D eigenvalue weighted by molar-refractivity contribution is 0.331. The molecule has 5 nitrogen and oxygen atoms in total. The van der Waals surface area contributed by atoms with Crippen LogP contribution in [-0.4, -0.2) is 30.5 Å². The Bertz CT molecular complexity index is 864. The maximum atomic E-state index is 14.1. The van der Waals surface area contributed by atoms with Gasteiger partial charge < -0.3 is 10.6 Å². The molecule has 6 heteroatoms. The molecule has 1 aliphatic rings. The Balaban J connectivity index is 1.56. The average molecular weight is 394 g/mol. The first kappa shape index (κ1) is 20.8. The summed E-state index contributed by atoms with van der Waals surface area (Å²) in [6.45, 7) is 6.98. The number of aliphatic imine (C=N–C) groups is 1. The van der Waals surface area contributed by atoms with Crippen molar-refractivity contribution >= 4 is 5.96 Å². The summed E-state index contributed by atoms with van der Waals surface area (Å²) in [5.74, 6) is 0.249. The molecule has 2 aromatic rings. The minimum Gasteiger partial charge on any atom is -0.357 e. The average Bonchev–Trinajstić information content (AvgIpc) is 3.25. The number of benzene rings is 2. The fraction of sp³-hybridized carbons (Fsp3) is 0.391. The van der Waals surface area contributed by atoms with Gasteiger partial charge in [0, 0.05) is 25.2 Å². The molecule has 0 aliphatic carbocycles. The molecule has 1 heterocycles. The van der Waals surface area contributed by atoms with Crippen molar-refractivity contribution in [1.82, 2.24) is 15.5 Å². The van der Waals surface area contributed by atoms with Gasteiger partial charge in [0.25, 0.3) is 0 Å². The first-order valence-electron chi connectivity index (χ1n) is 10.2. The van der Waals surface area contributed by atoms with Crippen LogP contribution in [0.5, 0.6) is 0 Å². The number of nitrogens with one attached hydrogen (secondary N) is 2. The van der Waals surface area contributed by atoms with Crippen LogP contribution in [0.3, 0.4) is 0 Å². The number of guanidine groups is 1. The van der Waals surface area contributed by atoms with E-state index in [0.717, 1.165) is 18.7 Å². The van der Waals surface area contributed by atoms with Crippen LogP contribution >= 0.6 is 0 Å². The van der Waals surface area contributed by atoms with Crippen molar-refractivity contribution in [2.24, 2.45) is 4.99 Å². The highest BCUT2D eigenvalue weighted by molar-refractivity contribution is 5.79.